The highest BCUT2D eigenvalue weighted by Gasteiger charge is 2.11. The Morgan fingerprint density at radius 1 is 1.07 bits per heavy atom. The average Bonchev–Trinajstić information content (AvgIpc) is 2.21. The SMILES string of the molecule is CCCNC(CCC)CSC(C)C(C)C. The molecule has 2 unspecified atom stereocenters. The largest absolute Gasteiger partial charge is 0.313 e. The minimum atomic E-state index is 0.723. The Morgan fingerprint density at radius 3 is 2.20 bits per heavy atom. The standard InChI is InChI=1S/C13H29NS/c1-6-8-13(14-9-7-2)10-15-12(5)11(3)4/h11-14H,6-10H2,1-5H3. The Labute approximate surface area is 101 Å². The fourth-order valence-electron chi connectivity index (χ4n) is 1.40. The van der Waals surface area contributed by atoms with Crippen LogP contribution in [0.5, 0.6) is 0 Å². The highest BCUT2D eigenvalue weighted by Crippen LogP contribution is 2.20. The topological polar surface area (TPSA) is 12.0 Å². The lowest BCUT2D eigenvalue weighted by Crippen LogP contribution is -2.32. The molecule has 0 rings (SSSR count). The number of thioether (sulfide) groups is 1. The molecule has 15 heavy (non-hydrogen) atoms. The predicted octanol–water partition coefficient (Wildman–Crippen LogP) is 3.93. The molecule has 0 aliphatic heterocycles. The molecule has 0 amide bonds. The van der Waals surface area contributed by atoms with E-state index in [4.69, 9.17) is 0 Å². The van der Waals surface area contributed by atoms with E-state index in [1.165, 1.54) is 31.6 Å². The van der Waals surface area contributed by atoms with Crippen molar-refractivity contribution >= 4 is 11.8 Å². The summed E-state index contributed by atoms with van der Waals surface area (Å²) in [5, 5.41) is 4.43. The minimum Gasteiger partial charge on any atom is -0.313 e. The van der Waals surface area contributed by atoms with Crippen LogP contribution >= 0.6 is 11.8 Å². The fraction of sp³-hybridized carbons (Fsp3) is 1.00. The second-order valence-electron chi connectivity index (χ2n) is 4.72. The van der Waals surface area contributed by atoms with Gasteiger partial charge in [0, 0.05) is 17.0 Å². The number of rotatable bonds is 9. The van der Waals surface area contributed by atoms with Crippen molar-refractivity contribution in [2.75, 3.05) is 12.3 Å². The van der Waals surface area contributed by atoms with Crippen molar-refractivity contribution in [3.05, 3.63) is 0 Å². The van der Waals surface area contributed by atoms with Crippen molar-refractivity contribution in [2.24, 2.45) is 5.92 Å². The second kappa shape index (κ2) is 9.53. The van der Waals surface area contributed by atoms with E-state index >= 15 is 0 Å². The molecule has 0 bridgehead atoms. The van der Waals surface area contributed by atoms with Crippen molar-refractivity contribution in [2.45, 2.75) is 65.2 Å². The molecule has 0 aliphatic carbocycles. The van der Waals surface area contributed by atoms with Crippen molar-refractivity contribution < 1.29 is 0 Å². The molecule has 0 aliphatic rings. The van der Waals surface area contributed by atoms with Crippen molar-refractivity contribution in [1.29, 1.82) is 0 Å². The van der Waals surface area contributed by atoms with Gasteiger partial charge in [0.2, 0.25) is 0 Å². The van der Waals surface area contributed by atoms with Crippen LogP contribution in [0.4, 0.5) is 0 Å². The first-order valence-electron chi connectivity index (χ1n) is 6.46. The van der Waals surface area contributed by atoms with Crippen LogP contribution < -0.4 is 5.32 Å². The third-order valence-corrected chi connectivity index (χ3v) is 4.48. The molecule has 2 atom stereocenters. The van der Waals surface area contributed by atoms with Crippen molar-refractivity contribution in [3.8, 4) is 0 Å². The molecule has 1 N–H and O–H groups in total. The summed E-state index contributed by atoms with van der Waals surface area (Å²) in [6, 6.07) is 0.723. The van der Waals surface area contributed by atoms with Crippen LogP contribution in [0.2, 0.25) is 0 Å². The van der Waals surface area contributed by atoms with E-state index in [9.17, 15) is 0 Å². The summed E-state index contributed by atoms with van der Waals surface area (Å²) < 4.78 is 0. The summed E-state index contributed by atoms with van der Waals surface area (Å²) in [6.45, 7) is 12.6. The first-order chi connectivity index (χ1) is 7.11. The average molecular weight is 231 g/mol. The molecule has 0 radical (unpaired) electrons. The van der Waals surface area contributed by atoms with Crippen molar-refractivity contribution in [1.82, 2.24) is 5.32 Å². The molecule has 1 nitrogen and oxygen atoms in total. The van der Waals surface area contributed by atoms with Gasteiger partial charge in [-0.1, -0.05) is 41.0 Å². The van der Waals surface area contributed by atoms with Crippen LogP contribution in [-0.2, 0) is 0 Å². The summed E-state index contributed by atoms with van der Waals surface area (Å²) >= 11 is 2.12. The molecule has 0 aromatic rings. The molecular formula is C13H29NS. The van der Waals surface area contributed by atoms with Crippen LogP contribution in [-0.4, -0.2) is 23.6 Å². The zero-order chi connectivity index (χ0) is 11.7. The third-order valence-electron chi connectivity index (χ3n) is 2.82. The Bertz CT molecular complexity index is 136. The zero-order valence-electron chi connectivity index (χ0n) is 11.2. The van der Waals surface area contributed by atoms with Crippen LogP contribution in [0.25, 0.3) is 0 Å². The zero-order valence-corrected chi connectivity index (χ0v) is 12.0. The van der Waals surface area contributed by atoms with Crippen molar-refractivity contribution in [3.63, 3.8) is 0 Å². The summed E-state index contributed by atoms with van der Waals surface area (Å²) in [5.74, 6) is 2.07. The molecule has 0 aromatic heterocycles. The molecule has 0 aromatic carbocycles. The first kappa shape index (κ1) is 15.3. The highest BCUT2D eigenvalue weighted by molar-refractivity contribution is 7.99. The summed E-state index contributed by atoms with van der Waals surface area (Å²) in [5.41, 5.74) is 0. The first-order valence-corrected chi connectivity index (χ1v) is 7.51. The Balaban J connectivity index is 3.73. The molecule has 2 heteroatoms. The van der Waals surface area contributed by atoms with E-state index in [-0.39, 0.29) is 0 Å². The smallest absolute Gasteiger partial charge is 0.0158 e. The monoisotopic (exact) mass is 231 g/mol. The van der Waals surface area contributed by atoms with E-state index in [2.05, 4.69) is 51.7 Å². The van der Waals surface area contributed by atoms with Gasteiger partial charge in [0.15, 0.2) is 0 Å². The van der Waals surface area contributed by atoms with Gasteiger partial charge in [-0.3, -0.25) is 0 Å². The number of hydrogen-bond donors (Lipinski definition) is 1. The molecule has 92 valence electrons. The third kappa shape index (κ3) is 8.15. The molecular weight excluding hydrogens is 202 g/mol. The summed E-state index contributed by atoms with van der Waals surface area (Å²) in [6.07, 6.45) is 3.85. The Hall–Kier alpha value is 0.310. The molecule has 0 heterocycles. The van der Waals surface area contributed by atoms with Crippen LogP contribution in [0.15, 0.2) is 0 Å². The summed E-state index contributed by atoms with van der Waals surface area (Å²) in [7, 11) is 0. The van der Waals surface area contributed by atoms with Gasteiger partial charge in [0.25, 0.3) is 0 Å². The quantitative estimate of drug-likeness (QED) is 0.645. The van der Waals surface area contributed by atoms with E-state index in [1.54, 1.807) is 0 Å². The van der Waals surface area contributed by atoms with Gasteiger partial charge in [-0.05, 0) is 25.3 Å². The van der Waals surface area contributed by atoms with Crippen LogP contribution in [0, 0.1) is 5.92 Å². The van der Waals surface area contributed by atoms with Gasteiger partial charge >= 0.3 is 0 Å². The Morgan fingerprint density at radius 2 is 1.73 bits per heavy atom. The van der Waals surface area contributed by atoms with Gasteiger partial charge in [0.1, 0.15) is 0 Å². The summed E-state index contributed by atoms with van der Waals surface area (Å²) in [4.78, 5) is 0. The lowest BCUT2D eigenvalue weighted by atomic mass is 10.1. The van der Waals surface area contributed by atoms with Gasteiger partial charge in [0.05, 0.1) is 0 Å². The Kier molecular flexibility index (Phi) is 9.73. The maximum absolute atomic E-state index is 3.64. The normalized spacial score (nSPS) is 15.6. The van der Waals surface area contributed by atoms with E-state index in [0.717, 1.165) is 17.2 Å². The fourth-order valence-corrected chi connectivity index (χ4v) is 2.61. The van der Waals surface area contributed by atoms with Gasteiger partial charge in [-0.25, -0.2) is 0 Å². The lowest BCUT2D eigenvalue weighted by molar-refractivity contribution is 0.513. The maximum atomic E-state index is 3.64. The second-order valence-corrected chi connectivity index (χ2v) is 6.13. The van der Waals surface area contributed by atoms with Crippen LogP contribution in [0.1, 0.15) is 53.9 Å². The molecule has 0 spiro atoms. The predicted molar refractivity (Wildman–Crippen MR) is 73.7 cm³/mol. The van der Waals surface area contributed by atoms with E-state index < -0.39 is 0 Å². The number of hydrogen-bond acceptors (Lipinski definition) is 2. The molecule has 0 saturated heterocycles. The molecule has 0 fully saturated rings. The maximum Gasteiger partial charge on any atom is 0.0158 e. The lowest BCUT2D eigenvalue weighted by Gasteiger charge is -2.21. The van der Waals surface area contributed by atoms with E-state index in [0.29, 0.717) is 0 Å². The molecule has 0 saturated carbocycles. The van der Waals surface area contributed by atoms with Gasteiger partial charge in [-0.2, -0.15) is 11.8 Å². The van der Waals surface area contributed by atoms with Crippen LogP contribution in [0.3, 0.4) is 0 Å². The number of nitrogens with one attached hydrogen (secondary N) is 1. The minimum absolute atomic E-state index is 0.723. The van der Waals surface area contributed by atoms with Gasteiger partial charge < -0.3 is 5.32 Å². The highest BCUT2D eigenvalue weighted by atomic mass is 32.2. The van der Waals surface area contributed by atoms with E-state index in [1.807, 2.05) is 0 Å². The van der Waals surface area contributed by atoms with Gasteiger partial charge in [-0.15, -0.1) is 0 Å².